The third-order valence-electron chi connectivity index (χ3n) is 2.37. The lowest BCUT2D eigenvalue weighted by atomic mass is 10.2. The van der Waals surface area contributed by atoms with Crippen LogP contribution in [0.2, 0.25) is 0 Å². The van der Waals surface area contributed by atoms with Gasteiger partial charge in [-0.05, 0) is 26.1 Å². The molecule has 0 saturated heterocycles. The van der Waals surface area contributed by atoms with Crippen molar-refractivity contribution in [3.8, 4) is 0 Å². The lowest BCUT2D eigenvalue weighted by molar-refractivity contribution is 0.0989. The van der Waals surface area contributed by atoms with E-state index in [1.54, 1.807) is 7.05 Å². The molecule has 0 unspecified atom stereocenters. The maximum Gasteiger partial charge on any atom is 0.196 e. The number of Topliss-reactive ketones (excluding diaryl/α,β-unsaturated/α-hetero) is 1. The quantitative estimate of drug-likeness (QED) is 0.758. The number of imidazole rings is 1. The topological polar surface area (TPSA) is 46.4 Å². The zero-order valence-electron chi connectivity index (χ0n) is 8.82. The number of aryl methyl sites for hydroxylation is 1. The van der Waals surface area contributed by atoms with E-state index in [4.69, 9.17) is 0 Å². The second-order valence-corrected chi connectivity index (χ2v) is 3.43. The van der Waals surface area contributed by atoms with E-state index in [9.17, 15) is 4.79 Å². The number of hydrogen-bond donors (Lipinski definition) is 1. The number of pyridine rings is 1. The molecule has 15 heavy (non-hydrogen) atoms. The number of likely N-dealkylation sites (N-methyl/N-ethyl adjacent to an activating group) is 1. The molecule has 2 rings (SSSR count). The first-order chi connectivity index (χ1) is 7.24. The maximum absolute atomic E-state index is 11.7. The van der Waals surface area contributed by atoms with Crippen molar-refractivity contribution in [2.45, 2.75) is 6.92 Å². The molecule has 0 saturated carbocycles. The Bertz CT molecular complexity index is 502. The summed E-state index contributed by atoms with van der Waals surface area (Å²) in [5, 5.41) is 2.84. The average Bonchev–Trinajstić information content (AvgIpc) is 2.57. The smallest absolute Gasteiger partial charge is 0.196 e. The molecule has 78 valence electrons. The number of rotatable bonds is 3. The summed E-state index contributed by atoms with van der Waals surface area (Å²) in [6.45, 7) is 2.23. The molecule has 0 radical (unpaired) electrons. The van der Waals surface area contributed by atoms with Crippen molar-refractivity contribution in [1.82, 2.24) is 14.7 Å². The van der Waals surface area contributed by atoms with Crippen LogP contribution in [0.15, 0.2) is 24.4 Å². The highest BCUT2D eigenvalue weighted by molar-refractivity contribution is 5.97. The van der Waals surface area contributed by atoms with Gasteiger partial charge in [0.05, 0.1) is 12.2 Å². The highest BCUT2D eigenvalue weighted by Crippen LogP contribution is 2.11. The monoisotopic (exact) mass is 203 g/mol. The van der Waals surface area contributed by atoms with Crippen LogP contribution in [-0.2, 0) is 0 Å². The van der Waals surface area contributed by atoms with Crippen LogP contribution >= 0.6 is 0 Å². The molecule has 0 bridgehead atoms. The number of hydrogen-bond acceptors (Lipinski definition) is 3. The first-order valence-electron chi connectivity index (χ1n) is 4.85. The van der Waals surface area contributed by atoms with Crippen LogP contribution in [0.4, 0.5) is 0 Å². The minimum Gasteiger partial charge on any atom is -0.313 e. The first kappa shape index (κ1) is 9.86. The second kappa shape index (κ2) is 3.82. The Hall–Kier alpha value is -1.68. The first-order valence-corrected chi connectivity index (χ1v) is 4.85. The molecule has 0 amide bonds. The van der Waals surface area contributed by atoms with Crippen molar-refractivity contribution in [2.75, 3.05) is 13.6 Å². The number of nitrogens with zero attached hydrogens (tertiary/aromatic N) is 2. The van der Waals surface area contributed by atoms with Crippen molar-refractivity contribution in [3.05, 3.63) is 35.8 Å². The van der Waals surface area contributed by atoms with Crippen LogP contribution < -0.4 is 5.32 Å². The molecular formula is C11H13N3O. The third kappa shape index (κ3) is 1.64. The van der Waals surface area contributed by atoms with Crippen LogP contribution in [-0.4, -0.2) is 28.8 Å². The summed E-state index contributed by atoms with van der Waals surface area (Å²) in [7, 11) is 1.75. The van der Waals surface area contributed by atoms with Crippen molar-refractivity contribution < 1.29 is 4.79 Å². The molecule has 4 nitrogen and oxygen atoms in total. The van der Waals surface area contributed by atoms with E-state index < -0.39 is 0 Å². The van der Waals surface area contributed by atoms with Crippen molar-refractivity contribution in [1.29, 1.82) is 0 Å². The van der Waals surface area contributed by atoms with Crippen molar-refractivity contribution in [2.24, 2.45) is 0 Å². The fraction of sp³-hybridized carbons (Fsp3) is 0.273. The Morgan fingerprint density at radius 2 is 2.33 bits per heavy atom. The van der Waals surface area contributed by atoms with Crippen molar-refractivity contribution >= 4 is 11.4 Å². The Balaban J connectivity index is 2.53. The lowest BCUT2D eigenvalue weighted by Gasteiger charge is -1.97. The fourth-order valence-corrected chi connectivity index (χ4v) is 1.63. The van der Waals surface area contributed by atoms with Gasteiger partial charge in [-0.1, -0.05) is 6.07 Å². The number of nitrogens with one attached hydrogen (secondary N) is 1. The van der Waals surface area contributed by atoms with Crippen LogP contribution in [0.1, 0.15) is 16.2 Å². The summed E-state index contributed by atoms with van der Waals surface area (Å²) in [5.74, 6) is 0.0266. The molecular weight excluding hydrogens is 190 g/mol. The number of carbonyl (C=O) groups excluding carboxylic acids is 1. The third-order valence-corrected chi connectivity index (χ3v) is 2.37. The van der Waals surface area contributed by atoms with E-state index in [-0.39, 0.29) is 5.78 Å². The minimum atomic E-state index is 0.0266. The Morgan fingerprint density at radius 3 is 3.00 bits per heavy atom. The molecule has 0 aliphatic carbocycles. The summed E-state index contributed by atoms with van der Waals surface area (Å²) in [6, 6.07) is 5.73. The summed E-state index contributed by atoms with van der Waals surface area (Å²) >= 11 is 0. The predicted octanol–water partition coefficient (Wildman–Crippen LogP) is 1.04. The zero-order valence-corrected chi connectivity index (χ0v) is 8.82. The molecule has 0 aromatic carbocycles. The normalized spacial score (nSPS) is 10.8. The van der Waals surface area contributed by atoms with Gasteiger partial charge in [0.15, 0.2) is 5.78 Å². The standard InChI is InChI=1S/C11H13N3O/c1-8-11(9(15)7-12-2)13-10-5-3-4-6-14(8)10/h3-6,12H,7H2,1-2H3. The number of ketones is 1. The van der Waals surface area contributed by atoms with Gasteiger partial charge in [-0.3, -0.25) is 4.79 Å². The molecule has 1 N–H and O–H groups in total. The Labute approximate surface area is 87.9 Å². The van der Waals surface area contributed by atoms with E-state index in [0.29, 0.717) is 12.2 Å². The van der Waals surface area contributed by atoms with Gasteiger partial charge >= 0.3 is 0 Å². The summed E-state index contributed by atoms with van der Waals surface area (Å²) in [5.41, 5.74) is 2.26. The van der Waals surface area contributed by atoms with Gasteiger partial charge in [0.2, 0.25) is 0 Å². The second-order valence-electron chi connectivity index (χ2n) is 3.43. The van der Waals surface area contributed by atoms with Gasteiger partial charge in [-0.15, -0.1) is 0 Å². The molecule has 4 heteroatoms. The van der Waals surface area contributed by atoms with Crippen LogP contribution in [0.3, 0.4) is 0 Å². The van der Waals surface area contributed by atoms with Crippen LogP contribution in [0.5, 0.6) is 0 Å². The molecule has 2 heterocycles. The summed E-state index contributed by atoms with van der Waals surface area (Å²) in [4.78, 5) is 16.0. The number of aromatic nitrogens is 2. The molecule has 2 aromatic rings. The Morgan fingerprint density at radius 1 is 1.53 bits per heavy atom. The number of carbonyl (C=O) groups is 1. The van der Waals surface area contributed by atoms with Crippen molar-refractivity contribution in [3.63, 3.8) is 0 Å². The zero-order chi connectivity index (χ0) is 10.8. The van der Waals surface area contributed by atoms with Gasteiger partial charge in [0.1, 0.15) is 11.3 Å². The lowest BCUT2D eigenvalue weighted by Crippen LogP contribution is -2.19. The van der Waals surface area contributed by atoms with E-state index in [0.717, 1.165) is 11.3 Å². The highest BCUT2D eigenvalue weighted by atomic mass is 16.1. The maximum atomic E-state index is 11.7. The predicted molar refractivity (Wildman–Crippen MR) is 58.2 cm³/mol. The van der Waals surface area contributed by atoms with Gasteiger partial charge < -0.3 is 9.72 Å². The van der Waals surface area contributed by atoms with Gasteiger partial charge in [-0.25, -0.2) is 4.98 Å². The Kier molecular flexibility index (Phi) is 2.51. The molecule has 0 aliphatic rings. The van der Waals surface area contributed by atoms with Crippen LogP contribution in [0, 0.1) is 6.92 Å². The van der Waals surface area contributed by atoms with E-state index in [2.05, 4.69) is 10.3 Å². The van der Waals surface area contributed by atoms with Gasteiger partial charge in [-0.2, -0.15) is 0 Å². The largest absolute Gasteiger partial charge is 0.313 e. The molecule has 0 fully saturated rings. The average molecular weight is 203 g/mol. The van der Waals surface area contributed by atoms with Gasteiger partial charge in [0.25, 0.3) is 0 Å². The molecule has 0 atom stereocenters. The number of fused-ring (bicyclic) bond motifs is 1. The molecule has 0 aliphatic heterocycles. The summed E-state index contributed by atoms with van der Waals surface area (Å²) < 4.78 is 1.92. The van der Waals surface area contributed by atoms with E-state index >= 15 is 0 Å². The minimum absolute atomic E-state index is 0.0266. The van der Waals surface area contributed by atoms with Crippen LogP contribution in [0.25, 0.3) is 5.65 Å². The SMILES string of the molecule is CNCC(=O)c1nc2ccccn2c1C. The highest BCUT2D eigenvalue weighted by Gasteiger charge is 2.14. The molecule has 0 spiro atoms. The fourth-order valence-electron chi connectivity index (χ4n) is 1.63. The van der Waals surface area contributed by atoms with E-state index in [1.165, 1.54) is 0 Å². The molecule has 2 aromatic heterocycles. The van der Waals surface area contributed by atoms with E-state index in [1.807, 2.05) is 35.7 Å². The summed E-state index contributed by atoms with van der Waals surface area (Å²) in [6.07, 6.45) is 1.91. The van der Waals surface area contributed by atoms with Gasteiger partial charge in [0, 0.05) is 6.20 Å².